The number of benzene rings is 1. The van der Waals surface area contributed by atoms with Gasteiger partial charge in [-0.1, -0.05) is 0 Å². The van der Waals surface area contributed by atoms with Crippen molar-refractivity contribution in [3.05, 3.63) is 50.4 Å². The molecule has 0 amide bonds. The highest BCUT2D eigenvalue weighted by Crippen LogP contribution is 2.27. The molecule has 2 aromatic rings. The van der Waals surface area contributed by atoms with Gasteiger partial charge in [0.2, 0.25) is 0 Å². The van der Waals surface area contributed by atoms with Gasteiger partial charge in [-0.3, -0.25) is 0 Å². The van der Waals surface area contributed by atoms with E-state index in [9.17, 15) is 4.39 Å². The van der Waals surface area contributed by atoms with Gasteiger partial charge in [0.05, 0.1) is 4.47 Å². The van der Waals surface area contributed by atoms with E-state index in [-0.39, 0.29) is 5.82 Å². The monoisotopic (exact) mass is 315 g/mol. The molecule has 0 aliphatic carbocycles. The molecule has 5 heteroatoms. The van der Waals surface area contributed by atoms with Crippen LogP contribution in [0, 0.1) is 5.82 Å². The van der Waals surface area contributed by atoms with E-state index in [2.05, 4.69) is 15.9 Å². The Kier molecular flexibility index (Phi) is 4.15. The molecule has 0 unspecified atom stereocenters. The van der Waals surface area contributed by atoms with Crippen LogP contribution in [0.2, 0.25) is 0 Å². The van der Waals surface area contributed by atoms with Crippen molar-refractivity contribution < 1.29 is 9.13 Å². The van der Waals surface area contributed by atoms with Crippen molar-refractivity contribution in [3.8, 4) is 5.75 Å². The molecule has 1 heterocycles. The normalized spacial score (nSPS) is 10.5. The fraction of sp³-hybridized carbons (Fsp3) is 0.167. The first-order valence-corrected chi connectivity index (χ1v) is 6.65. The number of nitrogens with two attached hydrogens (primary N) is 1. The largest absolute Gasteiger partial charge is 0.487 e. The molecule has 2 N–H and O–H groups in total. The standard InChI is InChI=1S/C12H11BrFNOS/c13-11-4-1-8(14)5-12(11)16-7-10-3-2-9(6-15)17-10/h1-5H,6-7,15H2. The summed E-state index contributed by atoms with van der Waals surface area (Å²) in [4.78, 5) is 2.18. The molecule has 0 radical (unpaired) electrons. The lowest BCUT2D eigenvalue weighted by Gasteiger charge is -2.06. The summed E-state index contributed by atoms with van der Waals surface area (Å²) < 4.78 is 19.3. The number of halogens is 2. The van der Waals surface area contributed by atoms with Crippen LogP contribution < -0.4 is 10.5 Å². The lowest BCUT2D eigenvalue weighted by atomic mass is 10.3. The molecule has 0 bridgehead atoms. The van der Waals surface area contributed by atoms with Crippen LogP contribution in [0.5, 0.6) is 5.75 Å². The van der Waals surface area contributed by atoms with Gasteiger partial charge in [-0.05, 0) is 40.2 Å². The zero-order valence-corrected chi connectivity index (χ0v) is 11.4. The SMILES string of the molecule is NCc1ccc(COc2cc(F)ccc2Br)s1. The quantitative estimate of drug-likeness (QED) is 0.934. The van der Waals surface area contributed by atoms with Gasteiger partial charge in [0.25, 0.3) is 0 Å². The Morgan fingerprint density at radius 1 is 1.24 bits per heavy atom. The van der Waals surface area contributed by atoms with Crippen molar-refractivity contribution in [2.45, 2.75) is 13.2 Å². The van der Waals surface area contributed by atoms with E-state index in [0.29, 0.717) is 18.9 Å². The Morgan fingerprint density at radius 2 is 2.00 bits per heavy atom. The summed E-state index contributed by atoms with van der Waals surface area (Å²) in [6.45, 7) is 0.959. The van der Waals surface area contributed by atoms with Gasteiger partial charge in [0.15, 0.2) is 0 Å². The van der Waals surface area contributed by atoms with Crippen molar-refractivity contribution >= 4 is 27.3 Å². The number of rotatable bonds is 4. The molecule has 0 fully saturated rings. The van der Waals surface area contributed by atoms with Crippen molar-refractivity contribution in [2.24, 2.45) is 5.73 Å². The minimum absolute atomic E-state index is 0.308. The molecule has 1 aromatic carbocycles. The lowest BCUT2D eigenvalue weighted by molar-refractivity contribution is 0.306. The van der Waals surface area contributed by atoms with Gasteiger partial charge in [0.1, 0.15) is 18.2 Å². The Labute approximate surface area is 111 Å². The van der Waals surface area contributed by atoms with Crippen LogP contribution in [0.1, 0.15) is 9.75 Å². The third-order valence-electron chi connectivity index (χ3n) is 2.18. The van der Waals surface area contributed by atoms with Crippen LogP contribution in [0.3, 0.4) is 0 Å². The molecule has 0 saturated carbocycles. The molecule has 0 aliphatic heterocycles. The highest BCUT2D eigenvalue weighted by molar-refractivity contribution is 9.10. The molecular weight excluding hydrogens is 305 g/mol. The summed E-state index contributed by atoms with van der Waals surface area (Å²) in [5.41, 5.74) is 5.53. The molecule has 0 saturated heterocycles. The zero-order valence-electron chi connectivity index (χ0n) is 8.95. The lowest BCUT2D eigenvalue weighted by Crippen LogP contribution is -1.94. The number of thiophene rings is 1. The summed E-state index contributed by atoms with van der Waals surface area (Å²) in [7, 11) is 0. The van der Waals surface area contributed by atoms with Crippen molar-refractivity contribution in [2.75, 3.05) is 0 Å². The van der Waals surface area contributed by atoms with Crippen LogP contribution in [-0.4, -0.2) is 0 Å². The highest BCUT2D eigenvalue weighted by atomic mass is 79.9. The predicted molar refractivity (Wildman–Crippen MR) is 70.6 cm³/mol. The first kappa shape index (κ1) is 12.5. The van der Waals surface area contributed by atoms with Gasteiger partial charge < -0.3 is 10.5 Å². The van der Waals surface area contributed by atoms with E-state index in [0.717, 1.165) is 14.2 Å². The summed E-state index contributed by atoms with van der Waals surface area (Å²) in [6.07, 6.45) is 0. The molecule has 0 aliphatic rings. The average Bonchev–Trinajstić information content (AvgIpc) is 2.78. The van der Waals surface area contributed by atoms with E-state index in [4.69, 9.17) is 10.5 Å². The number of hydrogen-bond donors (Lipinski definition) is 1. The minimum Gasteiger partial charge on any atom is -0.487 e. The van der Waals surface area contributed by atoms with E-state index >= 15 is 0 Å². The van der Waals surface area contributed by atoms with Crippen molar-refractivity contribution in [1.29, 1.82) is 0 Å². The molecule has 17 heavy (non-hydrogen) atoms. The maximum absolute atomic E-state index is 13.0. The summed E-state index contributed by atoms with van der Waals surface area (Å²) in [5.74, 6) is 0.199. The van der Waals surface area contributed by atoms with Gasteiger partial charge in [0, 0.05) is 22.4 Å². The first-order valence-electron chi connectivity index (χ1n) is 5.04. The second kappa shape index (κ2) is 5.62. The smallest absolute Gasteiger partial charge is 0.136 e. The molecule has 0 spiro atoms. The first-order chi connectivity index (χ1) is 8.19. The van der Waals surface area contributed by atoms with Crippen LogP contribution in [0.25, 0.3) is 0 Å². The molecule has 1 aromatic heterocycles. The summed E-state index contributed by atoms with van der Waals surface area (Å²) in [5, 5.41) is 0. The Morgan fingerprint density at radius 3 is 2.71 bits per heavy atom. The Hall–Kier alpha value is -0.910. The summed E-state index contributed by atoms with van der Waals surface area (Å²) in [6, 6.07) is 8.32. The van der Waals surface area contributed by atoms with E-state index in [1.54, 1.807) is 17.4 Å². The number of hydrogen-bond acceptors (Lipinski definition) is 3. The van der Waals surface area contributed by atoms with Crippen LogP contribution in [0.15, 0.2) is 34.8 Å². The zero-order chi connectivity index (χ0) is 12.3. The fourth-order valence-electron chi connectivity index (χ4n) is 1.35. The van der Waals surface area contributed by atoms with Crippen LogP contribution in [0.4, 0.5) is 4.39 Å². The summed E-state index contributed by atoms with van der Waals surface area (Å²) >= 11 is 4.92. The van der Waals surface area contributed by atoms with Gasteiger partial charge >= 0.3 is 0 Å². The number of ether oxygens (including phenoxy) is 1. The third kappa shape index (κ3) is 3.28. The molecular formula is C12H11BrFNOS. The van der Waals surface area contributed by atoms with E-state index < -0.39 is 0 Å². The maximum Gasteiger partial charge on any atom is 0.136 e. The fourth-order valence-corrected chi connectivity index (χ4v) is 2.52. The van der Waals surface area contributed by atoms with Gasteiger partial charge in [-0.25, -0.2) is 4.39 Å². The van der Waals surface area contributed by atoms with E-state index in [1.807, 2.05) is 12.1 Å². The Balaban J connectivity index is 2.04. The van der Waals surface area contributed by atoms with Crippen LogP contribution >= 0.6 is 27.3 Å². The van der Waals surface area contributed by atoms with E-state index in [1.165, 1.54) is 12.1 Å². The molecule has 2 nitrogen and oxygen atoms in total. The predicted octanol–water partition coefficient (Wildman–Crippen LogP) is 3.69. The van der Waals surface area contributed by atoms with Crippen molar-refractivity contribution in [1.82, 2.24) is 0 Å². The average molecular weight is 316 g/mol. The van der Waals surface area contributed by atoms with Gasteiger partial charge in [-0.2, -0.15) is 0 Å². The topological polar surface area (TPSA) is 35.2 Å². The second-order valence-corrected chi connectivity index (χ2v) is 5.54. The molecule has 2 rings (SSSR count). The highest BCUT2D eigenvalue weighted by Gasteiger charge is 2.04. The Bertz CT molecular complexity index is 515. The minimum atomic E-state index is -0.308. The molecule has 0 atom stereocenters. The second-order valence-electron chi connectivity index (χ2n) is 3.44. The van der Waals surface area contributed by atoms with Crippen molar-refractivity contribution in [3.63, 3.8) is 0 Å². The third-order valence-corrected chi connectivity index (χ3v) is 3.92. The van der Waals surface area contributed by atoms with Gasteiger partial charge in [-0.15, -0.1) is 11.3 Å². The maximum atomic E-state index is 13.0. The van der Waals surface area contributed by atoms with Crippen LogP contribution in [-0.2, 0) is 13.2 Å². The molecule has 90 valence electrons.